The van der Waals surface area contributed by atoms with E-state index in [1.165, 1.54) is 19.0 Å². The molecule has 20 heavy (non-hydrogen) atoms. The maximum absolute atomic E-state index is 13.2. The minimum Gasteiger partial charge on any atom is -0.312 e. The van der Waals surface area contributed by atoms with Crippen molar-refractivity contribution in [2.45, 2.75) is 32.9 Å². The van der Waals surface area contributed by atoms with Crippen LogP contribution in [-0.4, -0.2) is 30.6 Å². The van der Waals surface area contributed by atoms with Gasteiger partial charge in [-0.2, -0.15) is 5.26 Å². The third-order valence-corrected chi connectivity index (χ3v) is 3.96. The molecule has 0 radical (unpaired) electrons. The molecular weight excluding hydrogens is 253 g/mol. The Hall–Kier alpha value is -1.44. The Labute approximate surface area is 120 Å². The molecule has 1 atom stereocenters. The molecule has 0 saturated carbocycles. The quantitative estimate of drug-likeness (QED) is 0.897. The summed E-state index contributed by atoms with van der Waals surface area (Å²) in [5, 5.41) is 12.2. The molecule has 1 N–H and O–H groups in total. The van der Waals surface area contributed by atoms with Gasteiger partial charge in [0.25, 0.3) is 0 Å². The second-order valence-electron chi connectivity index (χ2n) is 5.80. The van der Waals surface area contributed by atoms with Gasteiger partial charge in [0.05, 0.1) is 5.56 Å². The van der Waals surface area contributed by atoms with Gasteiger partial charge in [0.2, 0.25) is 0 Å². The van der Waals surface area contributed by atoms with E-state index in [0.29, 0.717) is 18.5 Å². The van der Waals surface area contributed by atoms with Crippen molar-refractivity contribution in [1.29, 1.82) is 5.26 Å². The standard InChI is InChI=1S/C16H22FN3/c1-12(2)20-6-5-14(11-20)10-19-9-13-3-4-16(17)15(7-13)8-18/h3-4,7,12,14,19H,5-6,9-11H2,1-2H3. The van der Waals surface area contributed by atoms with E-state index in [-0.39, 0.29) is 5.56 Å². The number of nitrogens with one attached hydrogen (secondary N) is 1. The summed E-state index contributed by atoms with van der Waals surface area (Å²) in [6.07, 6.45) is 1.23. The highest BCUT2D eigenvalue weighted by atomic mass is 19.1. The van der Waals surface area contributed by atoms with Gasteiger partial charge >= 0.3 is 0 Å². The van der Waals surface area contributed by atoms with Gasteiger partial charge in [0.15, 0.2) is 0 Å². The van der Waals surface area contributed by atoms with Crippen LogP contribution in [0.3, 0.4) is 0 Å². The molecule has 3 nitrogen and oxygen atoms in total. The third-order valence-electron chi connectivity index (χ3n) is 3.96. The van der Waals surface area contributed by atoms with E-state index >= 15 is 0 Å². The molecule has 1 unspecified atom stereocenters. The zero-order valence-electron chi connectivity index (χ0n) is 12.2. The van der Waals surface area contributed by atoms with Crippen molar-refractivity contribution in [3.05, 3.63) is 35.1 Å². The minimum absolute atomic E-state index is 0.121. The second kappa shape index (κ2) is 6.83. The van der Waals surface area contributed by atoms with Crippen LogP contribution in [0, 0.1) is 23.1 Å². The number of likely N-dealkylation sites (tertiary alicyclic amines) is 1. The van der Waals surface area contributed by atoms with E-state index in [2.05, 4.69) is 24.1 Å². The summed E-state index contributed by atoms with van der Waals surface area (Å²) in [4.78, 5) is 2.50. The molecule has 1 aromatic carbocycles. The van der Waals surface area contributed by atoms with Crippen LogP contribution in [0.1, 0.15) is 31.4 Å². The molecule has 0 amide bonds. The molecule has 4 heteroatoms. The van der Waals surface area contributed by atoms with Gasteiger partial charge in [-0.3, -0.25) is 0 Å². The molecular formula is C16H22FN3. The van der Waals surface area contributed by atoms with Crippen molar-refractivity contribution < 1.29 is 4.39 Å². The van der Waals surface area contributed by atoms with Crippen LogP contribution in [0.15, 0.2) is 18.2 Å². The fourth-order valence-electron chi connectivity index (χ4n) is 2.69. The van der Waals surface area contributed by atoms with Crippen LogP contribution < -0.4 is 5.32 Å². The lowest BCUT2D eigenvalue weighted by Gasteiger charge is -2.20. The van der Waals surface area contributed by atoms with Gasteiger partial charge < -0.3 is 10.2 Å². The molecule has 0 bridgehead atoms. The summed E-state index contributed by atoms with van der Waals surface area (Å²) in [5.41, 5.74) is 1.08. The molecule has 1 aliphatic heterocycles. The Morgan fingerprint density at radius 1 is 1.50 bits per heavy atom. The van der Waals surface area contributed by atoms with Gasteiger partial charge in [-0.05, 0) is 57.0 Å². The Morgan fingerprint density at radius 3 is 2.95 bits per heavy atom. The number of halogens is 1. The summed E-state index contributed by atoms with van der Waals surface area (Å²) in [6.45, 7) is 8.46. The van der Waals surface area contributed by atoms with Gasteiger partial charge in [-0.25, -0.2) is 4.39 Å². The molecule has 0 aromatic heterocycles. The number of nitrogens with zero attached hydrogens (tertiary/aromatic N) is 2. The molecule has 1 aliphatic rings. The van der Waals surface area contributed by atoms with E-state index < -0.39 is 5.82 Å². The van der Waals surface area contributed by atoms with Gasteiger partial charge in [0, 0.05) is 19.1 Å². The Kier molecular flexibility index (Phi) is 5.11. The molecule has 1 saturated heterocycles. The van der Waals surface area contributed by atoms with Crippen LogP contribution in [0.25, 0.3) is 0 Å². The molecule has 1 aromatic rings. The smallest absolute Gasteiger partial charge is 0.140 e. The normalized spacial score (nSPS) is 19.4. The van der Waals surface area contributed by atoms with E-state index in [1.807, 2.05) is 6.07 Å². The number of rotatable bonds is 5. The van der Waals surface area contributed by atoms with Crippen LogP contribution in [0.2, 0.25) is 0 Å². The maximum atomic E-state index is 13.2. The second-order valence-corrected chi connectivity index (χ2v) is 5.80. The zero-order valence-corrected chi connectivity index (χ0v) is 12.2. The van der Waals surface area contributed by atoms with Crippen molar-refractivity contribution in [1.82, 2.24) is 10.2 Å². The number of benzene rings is 1. The van der Waals surface area contributed by atoms with Gasteiger partial charge in [0.1, 0.15) is 11.9 Å². The Bertz CT molecular complexity index is 493. The average molecular weight is 275 g/mol. The Morgan fingerprint density at radius 2 is 2.30 bits per heavy atom. The van der Waals surface area contributed by atoms with E-state index in [9.17, 15) is 4.39 Å². The van der Waals surface area contributed by atoms with Gasteiger partial charge in [-0.1, -0.05) is 6.07 Å². The highest BCUT2D eigenvalue weighted by Gasteiger charge is 2.23. The number of nitriles is 1. The minimum atomic E-state index is -0.445. The first-order valence-corrected chi connectivity index (χ1v) is 7.23. The summed E-state index contributed by atoms with van der Waals surface area (Å²) in [6, 6.07) is 7.22. The lowest BCUT2D eigenvalue weighted by Crippen LogP contribution is -2.30. The number of hydrogen-bond donors (Lipinski definition) is 1. The predicted molar refractivity (Wildman–Crippen MR) is 77.6 cm³/mol. The van der Waals surface area contributed by atoms with Crippen LogP contribution >= 0.6 is 0 Å². The third kappa shape index (κ3) is 3.78. The Balaban J connectivity index is 1.78. The average Bonchev–Trinajstić information content (AvgIpc) is 2.89. The van der Waals surface area contributed by atoms with E-state index in [4.69, 9.17) is 5.26 Å². The van der Waals surface area contributed by atoms with Crippen molar-refractivity contribution in [2.24, 2.45) is 5.92 Å². The van der Waals surface area contributed by atoms with Crippen molar-refractivity contribution in [2.75, 3.05) is 19.6 Å². The first-order valence-electron chi connectivity index (χ1n) is 7.23. The molecule has 2 rings (SSSR count). The van der Waals surface area contributed by atoms with Crippen molar-refractivity contribution in [3.8, 4) is 6.07 Å². The lowest BCUT2D eigenvalue weighted by atomic mass is 10.1. The SMILES string of the molecule is CC(C)N1CCC(CNCc2ccc(F)c(C#N)c2)C1. The highest BCUT2D eigenvalue weighted by Crippen LogP contribution is 2.17. The van der Waals surface area contributed by atoms with E-state index in [0.717, 1.165) is 18.7 Å². The van der Waals surface area contributed by atoms with E-state index in [1.54, 1.807) is 12.1 Å². The molecule has 1 heterocycles. The fraction of sp³-hybridized carbons (Fsp3) is 0.562. The molecule has 108 valence electrons. The zero-order chi connectivity index (χ0) is 14.5. The summed E-state index contributed by atoms with van der Waals surface area (Å²) >= 11 is 0. The highest BCUT2D eigenvalue weighted by molar-refractivity contribution is 5.34. The first-order chi connectivity index (χ1) is 9.60. The topological polar surface area (TPSA) is 39.1 Å². The van der Waals surface area contributed by atoms with Crippen LogP contribution in [-0.2, 0) is 6.54 Å². The molecule has 1 fully saturated rings. The summed E-state index contributed by atoms with van der Waals surface area (Å²) in [5.74, 6) is 0.243. The molecule has 0 spiro atoms. The first kappa shape index (κ1) is 15.0. The fourth-order valence-corrected chi connectivity index (χ4v) is 2.69. The molecule has 0 aliphatic carbocycles. The van der Waals surface area contributed by atoms with Crippen molar-refractivity contribution in [3.63, 3.8) is 0 Å². The maximum Gasteiger partial charge on any atom is 0.140 e. The van der Waals surface area contributed by atoms with Gasteiger partial charge in [-0.15, -0.1) is 0 Å². The van der Waals surface area contributed by atoms with Crippen LogP contribution in [0.4, 0.5) is 4.39 Å². The monoisotopic (exact) mass is 275 g/mol. The number of hydrogen-bond acceptors (Lipinski definition) is 3. The van der Waals surface area contributed by atoms with Crippen molar-refractivity contribution >= 4 is 0 Å². The summed E-state index contributed by atoms with van der Waals surface area (Å²) < 4.78 is 13.2. The summed E-state index contributed by atoms with van der Waals surface area (Å²) in [7, 11) is 0. The van der Waals surface area contributed by atoms with Crippen LogP contribution in [0.5, 0.6) is 0 Å². The predicted octanol–water partition coefficient (Wildman–Crippen LogP) is 2.52. The lowest BCUT2D eigenvalue weighted by molar-refractivity contribution is 0.264. The largest absolute Gasteiger partial charge is 0.312 e.